The first kappa shape index (κ1) is 17.4. The minimum absolute atomic E-state index is 0.147. The first-order valence-corrected chi connectivity index (χ1v) is 7.98. The van der Waals surface area contributed by atoms with Crippen LogP contribution < -0.4 is 11.1 Å². The molecule has 6 nitrogen and oxygen atoms in total. The third-order valence-corrected chi connectivity index (χ3v) is 4.31. The summed E-state index contributed by atoms with van der Waals surface area (Å²) in [5.41, 5.74) is 9.14. The van der Waals surface area contributed by atoms with Gasteiger partial charge in [-0.25, -0.2) is 0 Å². The number of methoxy groups -OCH3 is 1. The number of aliphatic hydroxyl groups excluding tert-OH is 2. The Morgan fingerprint density at radius 3 is 2.70 bits per heavy atom. The first-order valence-electron chi connectivity index (χ1n) is 7.10. The van der Waals surface area contributed by atoms with Crippen LogP contribution in [0, 0.1) is 0 Å². The van der Waals surface area contributed by atoms with Crippen LogP contribution in [0.1, 0.15) is 21.5 Å². The standard InChI is InChI=1S/C16H20N2O4S/c1-22-5-4-18-16(21)14-13(9-23-15(14)17)10-2-3-11(7-19)12(6-10)8-20/h2-3,6,9,19-20H,4-5,7-8,17H2,1H3,(H,18,21). The molecule has 0 aliphatic rings. The number of hydrogen-bond donors (Lipinski definition) is 4. The van der Waals surface area contributed by atoms with E-state index in [0.29, 0.717) is 40.4 Å². The van der Waals surface area contributed by atoms with Gasteiger partial charge < -0.3 is 26.0 Å². The Morgan fingerprint density at radius 1 is 1.30 bits per heavy atom. The Morgan fingerprint density at radius 2 is 2.04 bits per heavy atom. The van der Waals surface area contributed by atoms with Crippen LogP contribution in [-0.2, 0) is 18.0 Å². The normalized spacial score (nSPS) is 10.7. The average molecular weight is 336 g/mol. The maximum atomic E-state index is 12.3. The van der Waals surface area contributed by atoms with Crippen molar-refractivity contribution in [1.82, 2.24) is 5.32 Å². The number of anilines is 1. The maximum Gasteiger partial charge on any atom is 0.254 e. The molecular formula is C16H20N2O4S. The van der Waals surface area contributed by atoms with Gasteiger partial charge in [0, 0.05) is 24.6 Å². The predicted molar refractivity (Wildman–Crippen MR) is 90.2 cm³/mol. The summed E-state index contributed by atoms with van der Waals surface area (Å²) in [5.74, 6) is -0.257. The van der Waals surface area contributed by atoms with Gasteiger partial charge in [-0.2, -0.15) is 0 Å². The third kappa shape index (κ3) is 3.89. The number of hydrogen-bond acceptors (Lipinski definition) is 6. The summed E-state index contributed by atoms with van der Waals surface area (Å²) >= 11 is 1.29. The zero-order valence-electron chi connectivity index (χ0n) is 12.8. The van der Waals surface area contributed by atoms with Crippen molar-refractivity contribution >= 4 is 22.2 Å². The van der Waals surface area contributed by atoms with Crippen molar-refractivity contribution in [2.75, 3.05) is 26.0 Å². The lowest BCUT2D eigenvalue weighted by Gasteiger charge is -2.10. The second-order valence-corrected chi connectivity index (χ2v) is 5.85. The SMILES string of the molecule is COCCNC(=O)c1c(-c2ccc(CO)c(CO)c2)csc1N. The van der Waals surface area contributed by atoms with Crippen LogP contribution >= 0.6 is 11.3 Å². The number of benzene rings is 1. The van der Waals surface area contributed by atoms with Crippen molar-refractivity contribution in [1.29, 1.82) is 0 Å². The van der Waals surface area contributed by atoms with Gasteiger partial charge in [0.15, 0.2) is 0 Å². The van der Waals surface area contributed by atoms with Crippen molar-refractivity contribution in [2.45, 2.75) is 13.2 Å². The molecule has 0 aliphatic heterocycles. The number of rotatable bonds is 7. The van der Waals surface area contributed by atoms with E-state index in [2.05, 4.69) is 5.32 Å². The lowest BCUT2D eigenvalue weighted by molar-refractivity contribution is 0.0939. The summed E-state index contributed by atoms with van der Waals surface area (Å²) in [6.07, 6.45) is 0. The molecule has 0 unspecified atom stereocenters. The van der Waals surface area contributed by atoms with E-state index in [1.807, 2.05) is 5.38 Å². The Hall–Kier alpha value is -1.93. The van der Waals surface area contributed by atoms with Crippen LogP contribution in [0.25, 0.3) is 11.1 Å². The largest absolute Gasteiger partial charge is 0.392 e. The zero-order chi connectivity index (χ0) is 16.8. The Labute approximate surface area is 138 Å². The second kappa shape index (κ2) is 8.07. The van der Waals surface area contributed by atoms with E-state index in [4.69, 9.17) is 10.5 Å². The van der Waals surface area contributed by atoms with Crippen molar-refractivity contribution in [3.63, 3.8) is 0 Å². The van der Waals surface area contributed by atoms with E-state index in [0.717, 1.165) is 5.56 Å². The highest BCUT2D eigenvalue weighted by atomic mass is 32.1. The molecule has 0 radical (unpaired) electrons. The van der Waals surface area contributed by atoms with Crippen LogP contribution in [0.4, 0.5) is 5.00 Å². The van der Waals surface area contributed by atoms with Crippen LogP contribution in [0.3, 0.4) is 0 Å². The Bertz CT molecular complexity index is 685. The number of ether oxygens (including phenoxy) is 1. The molecule has 1 aromatic carbocycles. The summed E-state index contributed by atoms with van der Waals surface area (Å²) in [6.45, 7) is 0.491. The maximum absolute atomic E-state index is 12.3. The lowest BCUT2D eigenvalue weighted by Crippen LogP contribution is -2.27. The van der Waals surface area contributed by atoms with E-state index in [1.165, 1.54) is 11.3 Å². The fourth-order valence-electron chi connectivity index (χ4n) is 2.27. The molecule has 0 atom stereocenters. The fourth-order valence-corrected chi connectivity index (χ4v) is 3.09. The Kier molecular flexibility index (Phi) is 6.12. The van der Waals surface area contributed by atoms with Crippen molar-refractivity contribution in [3.05, 3.63) is 40.3 Å². The van der Waals surface area contributed by atoms with Gasteiger partial charge in [0.25, 0.3) is 5.91 Å². The van der Waals surface area contributed by atoms with Crippen LogP contribution in [0.2, 0.25) is 0 Å². The molecular weight excluding hydrogens is 316 g/mol. The smallest absolute Gasteiger partial charge is 0.254 e. The van der Waals surface area contributed by atoms with Crippen LogP contribution in [0.15, 0.2) is 23.6 Å². The van der Waals surface area contributed by atoms with E-state index in [-0.39, 0.29) is 19.1 Å². The van der Waals surface area contributed by atoms with Gasteiger partial charge in [0.2, 0.25) is 0 Å². The van der Waals surface area contributed by atoms with Crippen molar-refractivity contribution < 1.29 is 19.7 Å². The summed E-state index contributed by atoms with van der Waals surface area (Å²) in [7, 11) is 1.57. The van der Waals surface area contributed by atoms with E-state index in [9.17, 15) is 15.0 Å². The number of carbonyl (C=O) groups excluding carboxylic acids is 1. The number of carbonyl (C=O) groups is 1. The molecule has 0 fully saturated rings. The topological polar surface area (TPSA) is 105 Å². The average Bonchev–Trinajstić information content (AvgIpc) is 2.96. The Balaban J connectivity index is 2.35. The first-order chi connectivity index (χ1) is 11.1. The molecule has 2 aromatic rings. The second-order valence-electron chi connectivity index (χ2n) is 4.94. The quantitative estimate of drug-likeness (QED) is 0.572. The van der Waals surface area contributed by atoms with E-state index < -0.39 is 0 Å². The van der Waals surface area contributed by atoms with Gasteiger partial charge in [-0.1, -0.05) is 12.1 Å². The summed E-state index contributed by atoms with van der Waals surface area (Å²) in [5, 5.41) is 23.7. The third-order valence-electron chi connectivity index (χ3n) is 3.50. The molecule has 0 spiro atoms. The molecule has 0 saturated heterocycles. The fraction of sp³-hybridized carbons (Fsp3) is 0.312. The van der Waals surface area contributed by atoms with Gasteiger partial charge >= 0.3 is 0 Å². The monoisotopic (exact) mass is 336 g/mol. The molecule has 1 aromatic heterocycles. The highest BCUT2D eigenvalue weighted by Crippen LogP contribution is 2.34. The molecule has 23 heavy (non-hydrogen) atoms. The highest BCUT2D eigenvalue weighted by molar-refractivity contribution is 7.15. The lowest BCUT2D eigenvalue weighted by atomic mass is 9.98. The highest BCUT2D eigenvalue weighted by Gasteiger charge is 2.19. The minimum atomic E-state index is -0.257. The number of aliphatic hydroxyl groups is 2. The van der Waals surface area contributed by atoms with Gasteiger partial charge in [-0.3, -0.25) is 4.79 Å². The summed E-state index contributed by atoms with van der Waals surface area (Å²) in [4.78, 5) is 12.3. The van der Waals surface area contributed by atoms with Crippen LogP contribution in [-0.4, -0.2) is 36.4 Å². The van der Waals surface area contributed by atoms with Gasteiger partial charge in [0.05, 0.1) is 30.4 Å². The molecule has 0 bridgehead atoms. The molecule has 5 N–H and O–H groups in total. The van der Waals surface area contributed by atoms with Gasteiger partial charge in [-0.15, -0.1) is 11.3 Å². The van der Waals surface area contributed by atoms with Gasteiger partial charge in [0.1, 0.15) is 0 Å². The summed E-state index contributed by atoms with van der Waals surface area (Å²) in [6, 6.07) is 5.30. The molecule has 7 heteroatoms. The molecule has 0 aliphatic carbocycles. The van der Waals surface area contributed by atoms with Crippen LogP contribution in [0.5, 0.6) is 0 Å². The zero-order valence-corrected chi connectivity index (χ0v) is 13.7. The number of amides is 1. The predicted octanol–water partition coefficient (Wildman–Crippen LogP) is 1.36. The summed E-state index contributed by atoms with van der Waals surface area (Å²) < 4.78 is 4.92. The minimum Gasteiger partial charge on any atom is -0.392 e. The van der Waals surface area contributed by atoms with E-state index >= 15 is 0 Å². The molecule has 0 saturated carbocycles. The van der Waals surface area contributed by atoms with Crippen molar-refractivity contribution in [2.24, 2.45) is 0 Å². The molecule has 124 valence electrons. The number of thiophene rings is 1. The van der Waals surface area contributed by atoms with Gasteiger partial charge in [-0.05, 0) is 22.8 Å². The molecule has 2 rings (SSSR count). The van der Waals surface area contributed by atoms with E-state index in [1.54, 1.807) is 25.3 Å². The number of nitrogens with one attached hydrogen (secondary N) is 1. The van der Waals surface area contributed by atoms with Crippen molar-refractivity contribution in [3.8, 4) is 11.1 Å². The number of nitrogen functional groups attached to an aromatic ring is 1. The number of nitrogens with two attached hydrogens (primary N) is 1. The molecule has 1 heterocycles. The molecule has 1 amide bonds.